The monoisotopic (exact) mass is 265 g/mol. The van der Waals surface area contributed by atoms with Gasteiger partial charge < -0.3 is 5.32 Å². The summed E-state index contributed by atoms with van der Waals surface area (Å²) in [6.07, 6.45) is -5.15. The standard InChI is InChI=1S/C13H10F3N3/c14-13(15,16)5-6-18-12-7-9(8-17)10-3-1-2-4-11(10)19-12/h1-4,7H,5-6H2,(H,18,19). The second-order valence-corrected chi connectivity index (χ2v) is 3.98. The Morgan fingerprint density at radius 2 is 2.00 bits per heavy atom. The molecule has 0 saturated heterocycles. The molecule has 6 heteroatoms. The maximum atomic E-state index is 12.0. The molecule has 0 unspecified atom stereocenters. The Morgan fingerprint density at radius 1 is 1.26 bits per heavy atom. The number of alkyl halides is 3. The zero-order valence-electron chi connectivity index (χ0n) is 9.83. The minimum Gasteiger partial charge on any atom is -0.370 e. The fraction of sp³-hybridized carbons (Fsp3) is 0.231. The molecule has 0 amide bonds. The van der Waals surface area contributed by atoms with Gasteiger partial charge in [-0.2, -0.15) is 18.4 Å². The van der Waals surface area contributed by atoms with E-state index in [0.717, 1.165) is 0 Å². The largest absolute Gasteiger partial charge is 0.390 e. The SMILES string of the molecule is N#Cc1cc(NCCC(F)(F)F)nc2ccccc12. The summed E-state index contributed by atoms with van der Waals surface area (Å²) in [5.74, 6) is 0.277. The average Bonchev–Trinajstić information content (AvgIpc) is 2.36. The highest BCUT2D eigenvalue weighted by atomic mass is 19.4. The first kappa shape index (κ1) is 13.1. The van der Waals surface area contributed by atoms with Crippen molar-refractivity contribution < 1.29 is 13.2 Å². The molecule has 0 aliphatic heterocycles. The van der Waals surface area contributed by atoms with E-state index in [1.807, 2.05) is 6.07 Å². The zero-order chi connectivity index (χ0) is 13.9. The molecule has 1 N–H and O–H groups in total. The summed E-state index contributed by atoms with van der Waals surface area (Å²) in [5.41, 5.74) is 0.969. The highest BCUT2D eigenvalue weighted by molar-refractivity contribution is 5.86. The van der Waals surface area contributed by atoms with Gasteiger partial charge in [0.1, 0.15) is 5.82 Å². The fourth-order valence-corrected chi connectivity index (χ4v) is 1.69. The summed E-state index contributed by atoms with van der Waals surface area (Å²) in [7, 11) is 0. The number of halogens is 3. The van der Waals surface area contributed by atoms with Crippen molar-refractivity contribution in [2.75, 3.05) is 11.9 Å². The summed E-state index contributed by atoms with van der Waals surface area (Å²) in [6, 6.07) is 10.5. The fourth-order valence-electron chi connectivity index (χ4n) is 1.69. The molecular weight excluding hydrogens is 255 g/mol. The van der Waals surface area contributed by atoms with Gasteiger partial charge in [0.2, 0.25) is 0 Å². The predicted octanol–water partition coefficient (Wildman–Crippen LogP) is 3.47. The lowest BCUT2D eigenvalue weighted by molar-refractivity contribution is -0.131. The van der Waals surface area contributed by atoms with Crippen molar-refractivity contribution in [2.45, 2.75) is 12.6 Å². The van der Waals surface area contributed by atoms with Gasteiger partial charge in [0.25, 0.3) is 0 Å². The molecule has 1 aromatic carbocycles. The van der Waals surface area contributed by atoms with Crippen LogP contribution in [0.2, 0.25) is 0 Å². The number of aromatic nitrogens is 1. The zero-order valence-corrected chi connectivity index (χ0v) is 9.83. The Bertz CT molecular complexity index is 629. The normalized spacial score (nSPS) is 11.3. The van der Waals surface area contributed by atoms with Crippen LogP contribution in [0.15, 0.2) is 30.3 Å². The number of nitrogens with one attached hydrogen (secondary N) is 1. The Hall–Kier alpha value is -2.29. The number of hydrogen-bond acceptors (Lipinski definition) is 3. The van der Waals surface area contributed by atoms with Crippen molar-refractivity contribution in [1.29, 1.82) is 5.26 Å². The van der Waals surface area contributed by atoms with E-state index in [-0.39, 0.29) is 12.4 Å². The van der Waals surface area contributed by atoms with Gasteiger partial charge in [0.15, 0.2) is 0 Å². The van der Waals surface area contributed by atoms with E-state index in [9.17, 15) is 13.2 Å². The van der Waals surface area contributed by atoms with Gasteiger partial charge in [-0.25, -0.2) is 4.98 Å². The molecule has 0 saturated carbocycles. The van der Waals surface area contributed by atoms with Gasteiger partial charge in [-0.1, -0.05) is 18.2 Å². The molecular formula is C13H10F3N3. The second-order valence-electron chi connectivity index (χ2n) is 3.98. The average molecular weight is 265 g/mol. The predicted molar refractivity (Wildman–Crippen MR) is 65.6 cm³/mol. The molecule has 0 radical (unpaired) electrons. The van der Waals surface area contributed by atoms with Crippen molar-refractivity contribution in [3.05, 3.63) is 35.9 Å². The van der Waals surface area contributed by atoms with Gasteiger partial charge in [0.05, 0.1) is 23.6 Å². The molecule has 98 valence electrons. The Balaban J connectivity index is 2.23. The minimum absolute atomic E-state index is 0.264. The molecule has 0 aliphatic rings. The van der Waals surface area contributed by atoms with Crippen molar-refractivity contribution in [2.24, 2.45) is 0 Å². The molecule has 1 heterocycles. The van der Waals surface area contributed by atoms with Gasteiger partial charge >= 0.3 is 6.18 Å². The molecule has 2 rings (SSSR count). The lowest BCUT2D eigenvalue weighted by Crippen LogP contribution is -2.15. The quantitative estimate of drug-likeness (QED) is 0.924. The Kier molecular flexibility index (Phi) is 3.56. The van der Waals surface area contributed by atoms with Crippen LogP contribution in [0.1, 0.15) is 12.0 Å². The molecule has 3 nitrogen and oxygen atoms in total. The number of anilines is 1. The number of nitriles is 1. The van der Waals surface area contributed by atoms with Crippen LogP contribution < -0.4 is 5.32 Å². The van der Waals surface area contributed by atoms with Crippen LogP contribution in [-0.2, 0) is 0 Å². The van der Waals surface area contributed by atoms with E-state index < -0.39 is 12.6 Å². The molecule has 0 fully saturated rings. The van der Waals surface area contributed by atoms with Gasteiger partial charge in [-0.3, -0.25) is 0 Å². The lowest BCUT2D eigenvalue weighted by atomic mass is 10.1. The van der Waals surface area contributed by atoms with Crippen molar-refractivity contribution in [3.8, 4) is 6.07 Å². The number of pyridine rings is 1. The molecule has 0 atom stereocenters. The first-order valence-electron chi connectivity index (χ1n) is 5.60. The first-order chi connectivity index (χ1) is 8.99. The molecule has 19 heavy (non-hydrogen) atoms. The van der Waals surface area contributed by atoms with E-state index in [1.165, 1.54) is 6.07 Å². The number of benzene rings is 1. The van der Waals surface area contributed by atoms with Crippen LogP contribution >= 0.6 is 0 Å². The molecule has 1 aromatic heterocycles. The topological polar surface area (TPSA) is 48.7 Å². The third-order valence-corrected chi connectivity index (χ3v) is 2.55. The number of nitrogens with zero attached hydrogens (tertiary/aromatic N) is 2. The summed E-state index contributed by atoms with van der Waals surface area (Å²) in [4.78, 5) is 4.17. The van der Waals surface area contributed by atoms with Crippen LogP contribution in [0.5, 0.6) is 0 Å². The van der Waals surface area contributed by atoms with E-state index in [1.54, 1.807) is 24.3 Å². The smallest absolute Gasteiger partial charge is 0.370 e. The van der Waals surface area contributed by atoms with Crippen LogP contribution in [-0.4, -0.2) is 17.7 Å². The van der Waals surface area contributed by atoms with Crippen molar-refractivity contribution in [1.82, 2.24) is 4.98 Å². The van der Waals surface area contributed by atoms with E-state index >= 15 is 0 Å². The van der Waals surface area contributed by atoms with Crippen LogP contribution in [0, 0.1) is 11.3 Å². The lowest BCUT2D eigenvalue weighted by Gasteiger charge is -2.09. The van der Waals surface area contributed by atoms with Crippen LogP contribution in [0.3, 0.4) is 0 Å². The number of para-hydroxylation sites is 1. The summed E-state index contributed by atoms with van der Waals surface area (Å²) < 4.78 is 36.1. The van der Waals surface area contributed by atoms with Gasteiger partial charge in [-0.15, -0.1) is 0 Å². The summed E-state index contributed by atoms with van der Waals surface area (Å²) in [6.45, 7) is -0.264. The van der Waals surface area contributed by atoms with Gasteiger partial charge in [-0.05, 0) is 12.1 Å². The highest BCUT2D eigenvalue weighted by Gasteiger charge is 2.26. The summed E-state index contributed by atoms with van der Waals surface area (Å²) >= 11 is 0. The molecule has 0 aliphatic carbocycles. The Labute approximate surface area is 107 Å². The van der Waals surface area contributed by atoms with Crippen molar-refractivity contribution >= 4 is 16.7 Å². The number of hydrogen-bond donors (Lipinski definition) is 1. The Morgan fingerprint density at radius 3 is 2.68 bits per heavy atom. The van der Waals surface area contributed by atoms with Crippen LogP contribution in [0.25, 0.3) is 10.9 Å². The third kappa shape index (κ3) is 3.35. The third-order valence-electron chi connectivity index (χ3n) is 2.55. The maximum absolute atomic E-state index is 12.0. The second kappa shape index (κ2) is 5.14. The number of rotatable bonds is 3. The van der Waals surface area contributed by atoms with E-state index in [2.05, 4.69) is 10.3 Å². The number of fused-ring (bicyclic) bond motifs is 1. The molecule has 0 spiro atoms. The summed E-state index contributed by atoms with van der Waals surface area (Å²) in [5, 5.41) is 12.3. The van der Waals surface area contributed by atoms with E-state index in [4.69, 9.17) is 5.26 Å². The first-order valence-corrected chi connectivity index (χ1v) is 5.60. The minimum atomic E-state index is -4.21. The molecule has 0 bridgehead atoms. The van der Waals surface area contributed by atoms with Crippen molar-refractivity contribution in [3.63, 3.8) is 0 Å². The van der Waals surface area contributed by atoms with E-state index in [0.29, 0.717) is 16.5 Å². The maximum Gasteiger partial charge on any atom is 0.390 e. The molecule has 2 aromatic rings. The van der Waals surface area contributed by atoms with Crippen LogP contribution in [0.4, 0.5) is 19.0 Å². The van der Waals surface area contributed by atoms with Gasteiger partial charge in [0, 0.05) is 11.9 Å². The highest BCUT2D eigenvalue weighted by Crippen LogP contribution is 2.22.